The Labute approximate surface area is 242 Å². The monoisotopic (exact) mass is 590 g/mol. The molecule has 1 saturated carbocycles. The second kappa shape index (κ2) is 10.1. The number of carbonyl (C=O) groups is 2. The molecule has 0 spiro atoms. The summed E-state index contributed by atoms with van der Waals surface area (Å²) in [7, 11) is 0. The zero-order chi connectivity index (χ0) is 25.5. The Kier molecular flexibility index (Phi) is 7.18. The Morgan fingerprint density at radius 1 is 1.15 bits per heavy atom. The van der Waals surface area contributed by atoms with Gasteiger partial charge in [-0.1, -0.05) is 25.4 Å². The fourth-order valence-electron chi connectivity index (χ4n) is 6.22. The van der Waals surface area contributed by atoms with Crippen LogP contribution in [0.3, 0.4) is 0 Å². The van der Waals surface area contributed by atoms with Crippen molar-refractivity contribution in [1.29, 1.82) is 0 Å². The number of hydrogen-bond donors (Lipinski definition) is 1. The van der Waals surface area contributed by atoms with Crippen molar-refractivity contribution < 1.29 is 14.3 Å². The number of rotatable bonds is 5. The van der Waals surface area contributed by atoms with Gasteiger partial charge in [-0.2, -0.15) is 5.10 Å². The Morgan fingerprint density at radius 2 is 1.92 bits per heavy atom. The lowest BCUT2D eigenvalue weighted by atomic mass is 10.1. The van der Waals surface area contributed by atoms with Gasteiger partial charge in [0.05, 0.1) is 54.4 Å². The number of carbonyl (C=O) groups excluding carboxylic acids is 2. The molecule has 7 rings (SSSR count). The highest BCUT2D eigenvalue weighted by atomic mass is 35.5. The zero-order valence-electron chi connectivity index (χ0n) is 21.5. The van der Waals surface area contributed by atoms with Crippen molar-refractivity contribution in [3.8, 4) is 11.3 Å². The number of benzene rings is 1. The van der Waals surface area contributed by atoms with Crippen LogP contribution in [0, 0.1) is 17.3 Å². The molecule has 0 bridgehead atoms. The Hall–Kier alpha value is -2.69. The summed E-state index contributed by atoms with van der Waals surface area (Å²) in [5, 5.41) is 9.43. The van der Waals surface area contributed by atoms with Crippen molar-refractivity contribution in [3.05, 3.63) is 53.6 Å². The van der Waals surface area contributed by atoms with Crippen LogP contribution in [-0.2, 0) is 27.4 Å². The van der Waals surface area contributed by atoms with Crippen LogP contribution in [-0.4, -0.2) is 61.7 Å². The molecule has 3 fully saturated rings. The van der Waals surface area contributed by atoms with Crippen LogP contribution in [0.15, 0.2) is 43.0 Å². The minimum absolute atomic E-state index is 0. The second-order valence-corrected chi connectivity index (χ2v) is 11.3. The van der Waals surface area contributed by atoms with E-state index in [1.807, 2.05) is 38.2 Å². The van der Waals surface area contributed by atoms with Gasteiger partial charge in [0.25, 0.3) is 0 Å². The second-order valence-electron chi connectivity index (χ2n) is 10.9. The summed E-state index contributed by atoms with van der Waals surface area (Å²) >= 11 is 6.54. The first-order valence-electron chi connectivity index (χ1n) is 12.6. The van der Waals surface area contributed by atoms with E-state index in [1.54, 1.807) is 4.52 Å². The predicted molar refractivity (Wildman–Crippen MR) is 152 cm³/mol. The molecule has 2 aliphatic heterocycles. The van der Waals surface area contributed by atoms with Crippen LogP contribution in [0.2, 0.25) is 5.02 Å². The molecular formula is C27H29Cl3N6O3. The predicted octanol–water partition coefficient (Wildman–Crippen LogP) is 3.98. The van der Waals surface area contributed by atoms with Gasteiger partial charge in [0.1, 0.15) is 6.33 Å². The maximum Gasteiger partial charge on any atom is 0.233 e. The molecular weight excluding hydrogens is 563 g/mol. The third-order valence-corrected chi connectivity index (χ3v) is 8.40. The Morgan fingerprint density at radius 3 is 2.64 bits per heavy atom. The molecule has 1 aliphatic carbocycles. The average Bonchev–Trinajstić information content (AvgIpc) is 3.23. The molecule has 1 aromatic carbocycles. The lowest BCUT2D eigenvalue weighted by Crippen LogP contribution is -2.40. The van der Waals surface area contributed by atoms with Crippen LogP contribution in [0.4, 0.5) is 0 Å². The maximum atomic E-state index is 12.9. The summed E-state index contributed by atoms with van der Waals surface area (Å²) in [6, 6.07) is 7.90. The van der Waals surface area contributed by atoms with Crippen LogP contribution in [0.25, 0.3) is 27.7 Å². The lowest BCUT2D eigenvalue weighted by molar-refractivity contribution is -0.143. The van der Waals surface area contributed by atoms with E-state index >= 15 is 0 Å². The molecule has 2 unspecified atom stereocenters. The van der Waals surface area contributed by atoms with E-state index in [0.29, 0.717) is 18.2 Å². The summed E-state index contributed by atoms with van der Waals surface area (Å²) in [5.74, 6) is -0.530. The molecule has 4 aromatic rings. The zero-order valence-corrected chi connectivity index (χ0v) is 23.9. The molecule has 3 aliphatic rings. The van der Waals surface area contributed by atoms with E-state index in [4.69, 9.17) is 16.3 Å². The first kappa shape index (κ1) is 27.9. The molecule has 12 heteroatoms. The topological polar surface area (TPSA) is 93.8 Å². The number of amides is 2. The molecule has 5 heterocycles. The van der Waals surface area contributed by atoms with Crippen molar-refractivity contribution in [1.82, 2.24) is 29.4 Å². The van der Waals surface area contributed by atoms with E-state index in [0.717, 1.165) is 46.3 Å². The molecule has 3 aromatic heterocycles. The van der Waals surface area contributed by atoms with Gasteiger partial charge in [-0.3, -0.25) is 14.5 Å². The molecule has 0 radical (unpaired) electrons. The van der Waals surface area contributed by atoms with Crippen LogP contribution >= 0.6 is 36.4 Å². The van der Waals surface area contributed by atoms with Gasteiger partial charge in [0.2, 0.25) is 11.8 Å². The maximum absolute atomic E-state index is 12.9. The fourth-order valence-corrected chi connectivity index (χ4v) is 6.45. The molecule has 9 nitrogen and oxygen atoms in total. The highest BCUT2D eigenvalue weighted by molar-refractivity contribution is 6.32. The number of halogens is 3. The number of nitrogens with one attached hydrogen (secondary N) is 1. The Bertz CT molecular complexity index is 1570. The quantitative estimate of drug-likeness (QED) is 0.353. The first-order valence-corrected chi connectivity index (χ1v) is 13.0. The normalized spacial score (nSPS) is 23.6. The van der Waals surface area contributed by atoms with Gasteiger partial charge in [-0.05, 0) is 35.2 Å². The number of imide groups is 1. The van der Waals surface area contributed by atoms with Gasteiger partial charge in [0, 0.05) is 41.5 Å². The lowest BCUT2D eigenvalue weighted by Gasteiger charge is -2.24. The van der Waals surface area contributed by atoms with E-state index in [9.17, 15) is 9.59 Å². The van der Waals surface area contributed by atoms with Gasteiger partial charge in [0.15, 0.2) is 0 Å². The fraction of sp³-hybridized carbons (Fsp3) is 0.407. The van der Waals surface area contributed by atoms with E-state index < -0.39 is 0 Å². The van der Waals surface area contributed by atoms with Crippen molar-refractivity contribution in [2.75, 3.05) is 19.7 Å². The third kappa shape index (κ3) is 4.40. The summed E-state index contributed by atoms with van der Waals surface area (Å²) in [6.45, 7) is 7.28. The largest absolute Gasteiger partial charge is 0.374 e. The van der Waals surface area contributed by atoms with Crippen molar-refractivity contribution in [2.24, 2.45) is 17.3 Å². The average molecular weight is 592 g/mol. The summed E-state index contributed by atoms with van der Waals surface area (Å²) in [4.78, 5) is 31.8. The number of likely N-dealkylation sites (tertiary alicyclic amines) is 1. The molecule has 206 valence electrons. The number of ether oxygens (including phenoxy) is 1. The minimum atomic E-state index is -0.222. The van der Waals surface area contributed by atoms with Crippen molar-refractivity contribution in [3.63, 3.8) is 0 Å². The Balaban J connectivity index is 0.00000154. The molecule has 3 atom stereocenters. The summed E-state index contributed by atoms with van der Waals surface area (Å²) < 4.78 is 9.89. The summed E-state index contributed by atoms with van der Waals surface area (Å²) in [5.41, 5.74) is 4.05. The number of aromatic nitrogens is 4. The van der Waals surface area contributed by atoms with E-state index in [2.05, 4.69) is 32.2 Å². The van der Waals surface area contributed by atoms with Crippen LogP contribution in [0.1, 0.15) is 19.4 Å². The van der Waals surface area contributed by atoms with Gasteiger partial charge in [-0.15, -0.1) is 24.8 Å². The van der Waals surface area contributed by atoms with E-state index in [1.165, 1.54) is 11.2 Å². The van der Waals surface area contributed by atoms with Crippen molar-refractivity contribution in [2.45, 2.75) is 33.0 Å². The number of hydrogen-bond acceptors (Lipinski definition) is 6. The summed E-state index contributed by atoms with van der Waals surface area (Å²) in [6.07, 6.45) is 5.51. The molecule has 39 heavy (non-hydrogen) atoms. The SMILES string of the molecule is CC1(C)C2C(=O)N(Cc3cc4c(-c5cc(Cl)cc6ccn(C[C@@H]7CNCCO7)c56)ncnn4c3)C(=O)C21.Cl.Cl. The molecule has 2 saturated heterocycles. The number of morpholine rings is 1. The highest BCUT2D eigenvalue weighted by Gasteiger charge is 2.72. The number of nitrogens with zero attached hydrogens (tertiary/aromatic N) is 5. The number of piperidine rings is 1. The van der Waals surface area contributed by atoms with Gasteiger partial charge >= 0.3 is 0 Å². The third-order valence-electron chi connectivity index (χ3n) is 8.18. The van der Waals surface area contributed by atoms with Gasteiger partial charge < -0.3 is 14.6 Å². The van der Waals surface area contributed by atoms with Crippen molar-refractivity contribution >= 4 is 64.6 Å². The van der Waals surface area contributed by atoms with E-state index in [-0.39, 0.29) is 66.5 Å². The first-order chi connectivity index (χ1) is 17.8. The van der Waals surface area contributed by atoms with Crippen LogP contribution in [0.5, 0.6) is 0 Å². The standard InChI is InChI=1S/C27H27ClN6O3.2ClH/c1-27(2)21-22(27)26(36)33(25(21)35)11-15-7-20-23(30-14-31-34(20)12-15)19-9-17(28)8-16-3-5-32(24(16)19)13-18-10-29-4-6-37-18;;/h3,5,7-9,12,14,18,21-22,29H,4,6,10-11,13H2,1-2H3;2*1H/t18-,21?,22?;;/m0../s1. The molecule has 2 amide bonds. The smallest absolute Gasteiger partial charge is 0.233 e. The number of fused-ring (bicyclic) bond motifs is 3. The highest BCUT2D eigenvalue weighted by Crippen LogP contribution is 2.63. The molecule has 1 N–H and O–H groups in total. The van der Waals surface area contributed by atoms with Crippen LogP contribution < -0.4 is 5.32 Å². The minimum Gasteiger partial charge on any atom is -0.374 e. The van der Waals surface area contributed by atoms with Gasteiger partial charge in [-0.25, -0.2) is 9.50 Å².